The molecule has 0 fully saturated rings. The Labute approximate surface area is 107 Å². The maximum absolute atomic E-state index is 5.99. The average molecular weight is 239 g/mol. The number of nitrogen functional groups attached to an aromatic ring is 1. The predicted molar refractivity (Wildman–Crippen MR) is 75.1 cm³/mol. The molecule has 1 aromatic heterocycles. The number of nitrogens with two attached hydrogens (primary N) is 1. The first-order valence-electron chi connectivity index (χ1n) is 6.26. The summed E-state index contributed by atoms with van der Waals surface area (Å²) in [5, 5.41) is 0. The van der Waals surface area contributed by atoms with Gasteiger partial charge in [-0.3, -0.25) is 0 Å². The van der Waals surface area contributed by atoms with Gasteiger partial charge in [0, 0.05) is 29.7 Å². The molecule has 0 bridgehead atoms. The van der Waals surface area contributed by atoms with Crippen LogP contribution < -0.4 is 10.6 Å². The van der Waals surface area contributed by atoms with Crippen LogP contribution in [0.25, 0.3) is 0 Å². The molecule has 1 unspecified atom stereocenters. The summed E-state index contributed by atoms with van der Waals surface area (Å²) < 4.78 is 0. The topological polar surface area (TPSA) is 42.2 Å². The first-order valence-corrected chi connectivity index (χ1v) is 6.26. The largest absolute Gasteiger partial charge is 0.398 e. The predicted octanol–water partition coefficient (Wildman–Crippen LogP) is 3.05. The Morgan fingerprint density at radius 2 is 2.11 bits per heavy atom. The van der Waals surface area contributed by atoms with E-state index in [2.05, 4.69) is 41.1 Å². The second-order valence-electron chi connectivity index (χ2n) is 4.95. The van der Waals surface area contributed by atoms with Crippen LogP contribution >= 0.6 is 0 Å². The van der Waals surface area contributed by atoms with E-state index in [0.717, 1.165) is 23.5 Å². The first kappa shape index (κ1) is 11.1. The second-order valence-corrected chi connectivity index (χ2v) is 4.95. The lowest BCUT2D eigenvalue weighted by atomic mass is 10.1. The fraction of sp³-hybridized carbons (Fsp3) is 0.267. The van der Waals surface area contributed by atoms with Gasteiger partial charge in [0.1, 0.15) is 5.82 Å². The molecule has 0 spiro atoms. The van der Waals surface area contributed by atoms with E-state index in [-0.39, 0.29) is 0 Å². The van der Waals surface area contributed by atoms with Crippen LogP contribution in [0.4, 0.5) is 17.2 Å². The van der Waals surface area contributed by atoms with E-state index in [1.54, 1.807) is 0 Å². The molecule has 0 saturated carbocycles. The van der Waals surface area contributed by atoms with E-state index in [9.17, 15) is 0 Å². The third-order valence-electron chi connectivity index (χ3n) is 3.58. The third kappa shape index (κ3) is 1.63. The summed E-state index contributed by atoms with van der Waals surface area (Å²) in [4.78, 5) is 6.79. The highest BCUT2D eigenvalue weighted by Gasteiger charge is 2.27. The van der Waals surface area contributed by atoms with Gasteiger partial charge in [-0.05, 0) is 37.5 Å². The number of aromatic nitrogens is 1. The van der Waals surface area contributed by atoms with Crippen molar-refractivity contribution in [3.05, 3.63) is 47.7 Å². The quantitative estimate of drug-likeness (QED) is 0.831. The van der Waals surface area contributed by atoms with Crippen LogP contribution in [0.3, 0.4) is 0 Å². The van der Waals surface area contributed by atoms with Crippen LogP contribution in [-0.2, 0) is 6.42 Å². The first-order chi connectivity index (χ1) is 8.66. The van der Waals surface area contributed by atoms with Gasteiger partial charge in [0.05, 0.1) is 0 Å². The lowest BCUT2D eigenvalue weighted by Crippen LogP contribution is -2.24. The van der Waals surface area contributed by atoms with Crippen molar-refractivity contribution in [2.45, 2.75) is 26.3 Å². The highest BCUT2D eigenvalue weighted by molar-refractivity contribution is 5.70. The van der Waals surface area contributed by atoms with Crippen molar-refractivity contribution >= 4 is 17.2 Å². The zero-order chi connectivity index (χ0) is 12.7. The number of para-hydroxylation sites is 1. The molecule has 1 aromatic carbocycles. The SMILES string of the molecule is Cc1cnc(N2c3ccccc3CC2C)cc1N. The van der Waals surface area contributed by atoms with Crippen molar-refractivity contribution in [3.63, 3.8) is 0 Å². The van der Waals surface area contributed by atoms with Crippen molar-refractivity contribution < 1.29 is 0 Å². The molecule has 3 heteroatoms. The normalized spacial score (nSPS) is 17.9. The van der Waals surface area contributed by atoms with Crippen LogP contribution in [0, 0.1) is 6.92 Å². The molecule has 1 atom stereocenters. The molecule has 0 amide bonds. The molecular formula is C15H17N3. The molecule has 1 aliphatic rings. The minimum Gasteiger partial charge on any atom is -0.398 e. The summed E-state index contributed by atoms with van der Waals surface area (Å²) in [5.41, 5.74) is 10.4. The maximum atomic E-state index is 5.99. The molecule has 3 nitrogen and oxygen atoms in total. The summed E-state index contributed by atoms with van der Waals surface area (Å²) in [6, 6.07) is 10.9. The number of anilines is 3. The van der Waals surface area contributed by atoms with Gasteiger partial charge in [-0.15, -0.1) is 0 Å². The summed E-state index contributed by atoms with van der Waals surface area (Å²) >= 11 is 0. The monoisotopic (exact) mass is 239 g/mol. The molecule has 18 heavy (non-hydrogen) atoms. The molecule has 2 aromatic rings. The summed E-state index contributed by atoms with van der Waals surface area (Å²) in [5.74, 6) is 0.940. The lowest BCUT2D eigenvalue weighted by molar-refractivity contribution is 0.750. The summed E-state index contributed by atoms with van der Waals surface area (Å²) in [6.07, 6.45) is 2.91. The van der Waals surface area contributed by atoms with E-state index in [4.69, 9.17) is 5.73 Å². The van der Waals surface area contributed by atoms with Gasteiger partial charge >= 0.3 is 0 Å². The average Bonchev–Trinajstić information content (AvgIpc) is 2.69. The third-order valence-corrected chi connectivity index (χ3v) is 3.58. The van der Waals surface area contributed by atoms with Gasteiger partial charge < -0.3 is 10.6 Å². The molecule has 0 aliphatic carbocycles. The fourth-order valence-corrected chi connectivity index (χ4v) is 2.57. The van der Waals surface area contributed by atoms with E-state index < -0.39 is 0 Å². The van der Waals surface area contributed by atoms with Crippen LogP contribution in [0.5, 0.6) is 0 Å². The molecular weight excluding hydrogens is 222 g/mol. The van der Waals surface area contributed by atoms with Crippen molar-refractivity contribution in [2.24, 2.45) is 0 Å². The van der Waals surface area contributed by atoms with Crippen molar-refractivity contribution in [1.82, 2.24) is 4.98 Å². The Balaban J connectivity index is 2.09. The Bertz CT molecular complexity index is 592. The molecule has 2 N–H and O–H groups in total. The molecule has 0 saturated heterocycles. The highest BCUT2D eigenvalue weighted by Crippen LogP contribution is 2.37. The Morgan fingerprint density at radius 1 is 1.33 bits per heavy atom. The van der Waals surface area contributed by atoms with Gasteiger partial charge in [0.15, 0.2) is 0 Å². The number of hydrogen-bond donors (Lipinski definition) is 1. The maximum Gasteiger partial charge on any atom is 0.135 e. The number of benzene rings is 1. The van der Waals surface area contributed by atoms with Gasteiger partial charge in [-0.2, -0.15) is 0 Å². The molecule has 2 heterocycles. The molecule has 0 radical (unpaired) electrons. The Hall–Kier alpha value is -2.03. The number of aryl methyl sites for hydroxylation is 1. The van der Waals surface area contributed by atoms with Crippen LogP contribution in [0.2, 0.25) is 0 Å². The Morgan fingerprint density at radius 3 is 2.89 bits per heavy atom. The zero-order valence-electron chi connectivity index (χ0n) is 10.7. The number of nitrogens with zero attached hydrogens (tertiary/aromatic N) is 2. The highest BCUT2D eigenvalue weighted by atomic mass is 15.2. The second kappa shape index (κ2) is 4.02. The number of pyridine rings is 1. The minimum atomic E-state index is 0.428. The molecule has 3 rings (SSSR count). The molecule has 92 valence electrons. The Kier molecular flexibility index (Phi) is 2.47. The van der Waals surface area contributed by atoms with Gasteiger partial charge in [0.25, 0.3) is 0 Å². The van der Waals surface area contributed by atoms with Gasteiger partial charge in [-0.25, -0.2) is 4.98 Å². The number of rotatable bonds is 1. The van der Waals surface area contributed by atoms with Crippen molar-refractivity contribution in [3.8, 4) is 0 Å². The van der Waals surface area contributed by atoms with Crippen LogP contribution in [0.15, 0.2) is 36.5 Å². The molecule has 1 aliphatic heterocycles. The van der Waals surface area contributed by atoms with E-state index in [1.807, 2.05) is 19.2 Å². The van der Waals surface area contributed by atoms with Gasteiger partial charge in [0.2, 0.25) is 0 Å². The fourth-order valence-electron chi connectivity index (χ4n) is 2.57. The van der Waals surface area contributed by atoms with E-state index in [0.29, 0.717) is 6.04 Å². The van der Waals surface area contributed by atoms with E-state index in [1.165, 1.54) is 11.3 Å². The van der Waals surface area contributed by atoms with Crippen molar-refractivity contribution in [1.29, 1.82) is 0 Å². The summed E-state index contributed by atoms with van der Waals surface area (Å²) in [7, 11) is 0. The van der Waals surface area contributed by atoms with Crippen LogP contribution in [-0.4, -0.2) is 11.0 Å². The standard InChI is InChI=1S/C15H17N3/c1-10-9-17-15(8-13(10)16)18-11(2)7-12-5-3-4-6-14(12)18/h3-6,8-9,11H,7H2,1-2H3,(H2,16,17). The number of hydrogen-bond acceptors (Lipinski definition) is 3. The van der Waals surface area contributed by atoms with Crippen LogP contribution in [0.1, 0.15) is 18.1 Å². The number of fused-ring (bicyclic) bond motifs is 1. The summed E-state index contributed by atoms with van der Waals surface area (Å²) in [6.45, 7) is 4.20. The van der Waals surface area contributed by atoms with Crippen molar-refractivity contribution in [2.75, 3.05) is 10.6 Å². The van der Waals surface area contributed by atoms with E-state index >= 15 is 0 Å². The minimum absolute atomic E-state index is 0.428. The zero-order valence-corrected chi connectivity index (χ0v) is 10.7. The van der Waals surface area contributed by atoms with Gasteiger partial charge in [-0.1, -0.05) is 18.2 Å². The lowest BCUT2D eigenvalue weighted by Gasteiger charge is -2.24. The smallest absolute Gasteiger partial charge is 0.135 e.